The van der Waals surface area contributed by atoms with Crippen molar-refractivity contribution in [3.63, 3.8) is 0 Å². The predicted molar refractivity (Wildman–Crippen MR) is 124 cm³/mol. The number of anilines is 1. The summed E-state index contributed by atoms with van der Waals surface area (Å²) in [5.74, 6) is -3.55. The molecule has 0 radical (unpaired) electrons. The first-order valence-corrected chi connectivity index (χ1v) is 11.7. The first-order valence-electron chi connectivity index (χ1n) is 11.7. The van der Waals surface area contributed by atoms with Gasteiger partial charge in [-0.15, -0.1) is 0 Å². The quantitative estimate of drug-likeness (QED) is 0.432. The van der Waals surface area contributed by atoms with E-state index in [9.17, 15) is 13.6 Å². The maximum Gasteiger partial charge on any atom is 0.260 e. The van der Waals surface area contributed by atoms with Crippen molar-refractivity contribution in [2.24, 2.45) is 5.92 Å². The van der Waals surface area contributed by atoms with E-state index in [4.69, 9.17) is 10.1 Å². The van der Waals surface area contributed by atoms with Gasteiger partial charge in [0.25, 0.3) is 5.92 Å². The molecule has 6 rings (SSSR count). The van der Waals surface area contributed by atoms with Crippen molar-refractivity contribution in [3.05, 3.63) is 47.7 Å². The zero-order chi connectivity index (χ0) is 23.6. The zero-order valence-corrected chi connectivity index (χ0v) is 19.0. The lowest BCUT2D eigenvalue weighted by Crippen LogP contribution is -2.18. The molecular weight excluding hydrogens is 438 g/mol. The molecule has 2 aliphatic carbocycles. The number of nitrogens with one attached hydrogen (secondary N) is 1. The Labute approximate surface area is 194 Å². The van der Waals surface area contributed by atoms with E-state index in [1.807, 2.05) is 12.3 Å². The normalized spacial score (nSPS) is 19.0. The standard InChI is InChI=1S/C25H24F2N6O/c1-3-4-16-7-13(2)18(12-28-16)17-8-15-11-29-21(30-24(34)19-10-25(19,26)27)9-20(15)33-23(17)31-22(32-33)14-5-6-14/h7-9,11-12,14,19H,3-6,10H2,1-2H3,(H,29,30,34). The summed E-state index contributed by atoms with van der Waals surface area (Å²) in [4.78, 5) is 26.0. The number of halogens is 2. The number of aryl methyl sites for hydroxylation is 2. The van der Waals surface area contributed by atoms with E-state index >= 15 is 0 Å². The van der Waals surface area contributed by atoms with Crippen molar-refractivity contribution in [1.29, 1.82) is 0 Å². The third-order valence-electron chi connectivity index (χ3n) is 6.60. The third kappa shape index (κ3) is 3.59. The van der Waals surface area contributed by atoms with Crippen molar-refractivity contribution in [1.82, 2.24) is 24.6 Å². The topological polar surface area (TPSA) is 85.1 Å². The summed E-state index contributed by atoms with van der Waals surface area (Å²) in [6, 6.07) is 5.79. The molecule has 0 spiro atoms. The SMILES string of the molecule is CCCc1cc(C)c(-c2cc3cnc(NC(=O)C4CC4(F)F)cc3n3nc(C4CC4)nc23)cn1. The van der Waals surface area contributed by atoms with Crippen LogP contribution in [-0.4, -0.2) is 36.4 Å². The average molecular weight is 463 g/mol. The van der Waals surface area contributed by atoms with E-state index in [2.05, 4.69) is 35.2 Å². The van der Waals surface area contributed by atoms with Gasteiger partial charge in [0.2, 0.25) is 5.91 Å². The molecule has 4 aromatic heterocycles. The van der Waals surface area contributed by atoms with Gasteiger partial charge < -0.3 is 5.32 Å². The van der Waals surface area contributed by atoms with Crippen LogP contribution in [0, 0.1) is 12.8 Å². The number of carbonyl (C=O) groups excluding carboxylic acids is 1. The Morgan fingerprint density at radius 1 is 1.18 bits per heavy atom. The van der Waals surface area contributed by atoms with E-state index in [0.717, 1.165) is 59.3 Å². The minimum Gasteiger partial charge on any atom is -0.310 e. The van der Waals surface area contributed by atoms with Crippen LogP contribution in [0.1, 0.15) is 55.6 Å². The van der Waals surface area contributed by atoms with Crippen LogP contribution in [0.5, 0.6) is 0 Å². The minimum absolute atomic E-state index is 0.222. The summed E-state index contributed by atoms with van der Waals surface area (Å²) in [6.45, 7) is 4.20. The van der Waals surface area contributed by atoms with Gasteiger partial charge in [0, 0.05) is 53.0 Å². The average Bonchev–Trinajstić information content (AvgIpc) is 3.70. The molecule has 1 amide bonds. The Hall–Kier alpha value is -3.49. The molecule has 0 saturated heterocycles. The zero-order valence-electron chi connectivity index (χ0n) is 19.0. The molecule has 4 aromatic rings. The van der Waals surface area contributed by atoms with Gasteiger partial charge in [-0.2, -0.15) is 5.10 Å². The van der Waals surface area contributed by atoms with Crippen LogP contribution in [0.15, 0.2) is 30.6 Å². The van der Waals surface area contributed by atoms with Gasteiger partial charge in [-0.05, 0) is 43.9 Å². The van der Waals surface area contributed by atoms with E-state index in [1.54, 1.807) is 16.8 Å². The van der Waals surface area contributed by atoms with Gasteiger partial charge in [-0.25, -0.2) is 23.3 Å². The summed E-state index contributed by atoms with van der Waals surface area (Å²) in [5.41, 5.74) is 5.48. The fourth-order valence-electron chi connectivity index (χ4n) is 4.42. The molecule has 2 saturated carbocycles. The predicted octanol–water partition coefficient (Wildman–Crippen LogP) is 5.07. The maximum absolute atomic E-state index is 13.3. The molecule has 1 unspecified atom stereocenters. The number of fused-ring (bicyclic) bond motifs is 3. The number of hydrogen-bond donors (Lipinski definition) is 1. The van der Waals surface area contributed by atoms with Crippen LogP contribution in [0.4, 0.5) is 14.6 Å². The smallest absolute Gasteiger partial charge is 0.260 e. The molecule has 34 heavy (non-hydrogen) atoms. The second-order valence-electron chi connectivity index (χ2n) is 9.41. The highest BCUT2D eigenvalue weighted by Crippen LogP contribution is 2.49. The van der Waals surface area contributed by atoms with Gasteiger partial charge in [-0.1, -0.05) is 13.3 Å². The molecule has 0 aromatic carbocycles. The van der Waals surface area contributed by atoms with Crippen molar-refractivity contribution < 1.29 is 13.6 Å². The molecule has 174 valence electrons. The van der Waals surface area contributed by atoms with E-state index in [0.29, 0.717) is 17.1 Å². The van der Waals surface area contributed by atoms with E-state index in [-0.39, 0.29) is 5.82 Å². The molecule has 2 fully saturated rings. The van der Waals surface area contributed by atoms with Gasteiger partial charge in [-0.3, -0.25) is 9.78 Å². The van der Waals surface area contributed by atoms with Gasteiger partial charge in [0.05, 0.1) is 5.52 Å². The molecule has 7 nitrogen and oxygen atoms in total. The second-order valence-corrected chi connectivity index (χ2v) is 9.41. The van der Waals surface area contributed by atoms with Crippen LogP contribution >= 0.6 is 0 Å². The Bertz CT molecular complexity index is 1460. The highest BCUT2D eigenvalue weighted by molar-refractivity contribution is 5.97. The molecule has 4 heterocycles. The summed E-state index contributed by atoms with van der Waals surface area (Å²) >= 11 is 0. The highest BCUT2D eigenvalue weighted by Gasteiger charge is 2.61. The number of amides is 1. The van der Waals surface area contributed by atoms with Gasteiger partial charge in [0.1, 0.15) is 11.7 Å². The van der Waals surface area contributed by atoms with Crippen molar-refractivity contribution in [2.75, 3.05) is 5.32 Å². The second kappa shape index (κ2) is 7.51. The number of aromatic nitrogens is 5. The first-order chi connectivity index (χ1) is 16.3. The lowest BCUT2D eigenvalue weighted by molar-refractivity contribution is -0.119. The van der Waals surface area contributed by atoms with Crippen LogP contribution < -0.4 is 5.32 Å². The number of nitrogens with zero attached hydrogens (tertiary/aromatic N) is 5. The number of pyridine rings is 3. The molecule has 1 atom stereocenters. The maximum atomic E-state index is 13.3. The minimum atomic E-state index is -2.92. The summed E-state index contributed by atoms with van der Waals surface area (Å²) < 4.78 is 28.4. The Morgan fingerprint density at radius 3 is 2.65 bits per heavy atom. The summed E-state index contributed by atoms with van der Waals surface area (Å²) in [5, 5.41) is 8.12. The number of rotatable bonds is 6. The fourth-order valence-corrected chi connectivity index (χ4v) is 4.42. The molecule has 0 bridgehead atoms. The van der Waals surface area contributed by atoms with Gasteiger partial charge >= 0.3 is 0 Å². The summed E-state index contributed by atoms with van der Waals surface area (Å²) in [7, 11) is 0. The molecule has 0 aliphatic heterocycles. The molecule has 1 N–H and O–H groups in total. The Morgan fingerprint density at radius 2 is 1.97 bits per heavy atom. The van der Waals surface area contributed by atoms with Crippen molar-refractivity contribution in [3.8, 4) is 11.1 Å². The number of alkyl halides is 2. The lowest BCUT2D eigenvalue weighted by Gasteiger charge is -2.12. The largest absolute Gasteiger partial charge is 0.310 e. The Kier molecular flexibility index (Phi) is 4.65. The third-order valence-corrected chi connectivity index (χ3v) is 6.60. The molecule has 2 aliphatic rings. The monoisotopic (exact) mass is 462 g/mol. The lowest BCUT2D eigenvalue weighted by atomic mass is 10.0. The van der Waals surface area contributed by atoms with Gasteiger partial charge in [0.15, 0.2) is 11.5 Å². The van der Waals surface area contributed by atoms with Crippen LogP contribution in [-0.2, 0) is 11.2 Å². The highest BCUT2D eigenvalue weighted by atomic mass is 19.3. The van der Waals surface area contributed by atoms with E-state index < -0.39 is 24.2 Å². The molecule has 9 heteroatoms. The van der Waals surface area contributed by atoms with Crippen molar-refractivity contribution >= 4 is 28.3 Å². The van der Waals surface area contributed by atoms with Crippen LogP contribution in [0.3, 0.4) is 0 Å². The Balaban J connectivity index is 1.47. The van der Waals surface area contributed by atoms with E-state index in [1.165, 1.54) is 0 Å². The number of hydrogen-bond acceptors (Lipinski definition) is 5. The number of carbonyl (C=O) groups is 1. The summed E-state index contributed by atoms with van der Waals surface area (Å²) in [6.07, 6.45) is 7.19. The van der Waals surface area contributed by atoms with Crippen LogP contribution in [0.2, 0.25) is 0 Å². The first kappa shape index (κ1) is 21.1. The molecular formula is C25H24F2N6O. The van der Waals surface area contributed by atoms with Crippen LogP contribution in [0.25, 0.3) is 27.7 Å². The van der Waals surface area contributed by atoms with Crippen molar-refractivity contribution in [2.45, 2.75) is 57.8 Å². The fraction of sp³-hybridized carbons (Fsp3) is 0.400.